The van der Waals surface area contributed by atoms with Crippen molar-refractivity contribution in [2.75, 3.05) is 0 Å². The standard InChI is InChI=1S/C24H22BrFN6O3/c1-30-13-17(6-16-9-28-31(12-16)11-15-2-3-15)23(29-30)21-5-4-20(26)7-18(21)14-35-22-8-19(25)10-27-24(22)32(33)34/h4-5,7-10,12-13,15H,2-3,6,11,14H2,1H3/i14D2. The second-order valence-electron chi connectivity index (χ2n) is 8.49. The highest BCUT2D eigenvalue weighted by molar-refractivity contribution is 9.10. The van der Waals surface area contributed by atoms with Gasteiger partial charge in [-0.2, -0.15) is 10.2 Å². The van der Waals surface area contributed by atoms with Crippen molar-refractivity contribution in [3.8, 4) is 17.0 Å². The Morgan fingerprint density at radius 1 is 1.29 bits per heavy atom. The van der Waals surface area contributed by atoms with Crippen molar-refractivity contribution in [2.45, 2.75) is 32.4 Å². The van der Waals surface area contributed by atoms with Gasteiger partial charge in [-0.1, -0.05) is 0 Å². The summed E-state index contributed by atoms with van der Waals surface area (Å²) in [4.78, 5) is 14.4. The second-order valence-corrected chi connectivity index (χ2v) is 9.41. The van der Waals surface area contributed by atoms with Crippen molar-refractivity contribution in [2.24, 2.45) is 13.0 Å². The summed E-state index contributed by atoms with van der Waals surface area (Å²) >= 11 is 3.17. The molecule has 0 saturated heterocycles. The molecule has 1 aliphatic carbocycles. The monoisotopic (exact) mass is 542 g/mol. The Morgan fingerprint density at radius 3 is 2.89 bits per heavy atom. The van der Waals surface area contributed by atoms with Gasteiger partial charge in [0.1, 0.15) is 12.4 Å². The quantitative estimate of drug-likeness (QED) is 0.216. The maximum absolute atomic E-state index is 14.4. The fourth-order valence-corrected chi connectivity index (χ4v) is 4.13. The van der Waals surface area contributed by atoms with Gasteiger partial charge >= 0.3 is 5.82 Å². The van der Waals surface area contributed by atoms with Crippen LogP contribution in [0.5, 0.6) is 5.75 Å². The zero-order chi connectivity index (χ0) is 26.3. The average molecular weight is 543 g/mol. The van der Waals surface area contributed by atoms with Gasteiger partial charge in [-0.05, 0) is 68.4 Å². The van der Waals surface area contributed by atoms with Crippen LogP contribution in [0.15, 0.2) is 53.5 Å². The minimum atomic E-state index is -2.66. The van der Waals surface area contributed by atoms with Crippen molar-refractivity contribution in [3.05, 3.63) is 86.1 Å². The summed E-state index contributed by atoms with van der Waals surface area (Å²) in [5.41, 5.74) is 2.34. The number of hydrogen-bond donors (Lipinski definition) is 0. The zero-order valence-electron chi connectivity index (χ0n) is 20.7. The third-order valence-electron chi connectivity index (χ3n) is 5.61. The van der Waals surface area contributed by atoms with E-state index in [0.717, 1.165) is 23.7 Å². The third kappa shape index (κ3) is 5.40. The Balaban J connectivity index is 1.51. The lowest BCUT2D eigenvalue weighted by Crippen LogP contribution is -2.03. The van der Waals surface area contributed by atoms with Crippen molar-refractivity contribution in [1.29, 1.82) is 0 Å². The lowest BCUT2D eigenvalue weighted by molar-refractivity contribution is -0.390. The van der Waals surface area contributed by atoms with Crippen LogP contribution >= 0.6 is 15.9 Å². The molecule has 0 atom stereocenters. The van der Waals surface area contributed by atoms with E-state index in [-0.39, 0.29) is 5.56 Å². The van der Waals surface area contributed by atoms with Crippen LogP contribution in [0.2, 0.25) is 0 Å². The van der Waals surface area contributed by atoms with E-state index in [1.54, 1.807) is 17.9 Å². The number of aryl methyl sites for hydroxylation is 1. The van der Waals surface area contributed by atoms with Crippen LogP contribution in [0.4, 0.5) is 10.2 Å². The molecule has 0 aliphatic heterocycles. The van der Waals surface area contributed by atoms with E-state index in [9.17, 15) is 14.5 Å². The molecule has 5 rings (SSSR count). The SMILES string of the molecule is [2H]C([2H])(Oc1cc(Br)cnc1[N+](=O)[O-])c1cc(F)ccc1-c1nn(C)cc1Cc1cnn(CC2CC2)c1. The third-order valence-corrected chi connectivity index (χ3v) is 6.04. The van der Waals surface area contributed by atoms with E-state index < -0.39 is 28.9 Å². The van der Waals surface area contributed by atoms with E-state index in [0.29, 0.717) is 28.1 Å². The van der Waals surface area contributed by atoms with Gasteiger partial charge in [-0.15, -0.1) is 0 Å². The van der Waals surface area contributed by atoms with Crippen LogP contribution in [-0.2, 0) is 26.6 Å². The molecule has 9 nitrogen and oxygen atoms in total. The van der Waals surface area contributed by atoms with Crippen LogP contribution < -0.4 is 4.74 Å². The lowest BCUT2D eigenvalue weighted by atomic mass is 9.99. The number of pyridine rings is 1. The molecule has 11 heteroatoms. The highest BCUT2D eigenvalue weighted by atomic mass is 79.9. The topological polar surface area (TPSA) is 101 Å². The zero-order valence-corrected chi connectivity index (χ0v) is 20.3. The van der Waals surface area contributed by atoms with Gasteiger partial charge in [0.05, 0.1) is 19.1 Å². The molecule has 35 heavy (non-hydrogen) atoms. The molecule has 180 valence electrons. The number of hydrogen-bond acceptors (Lipinski definition) is 6. The molecule has 1 saturated carbocycles. The van der Waals surface area contributed by atoms with Gasteiger partial charge in [0.2, 0.25) is 5.75 Å². The molecule has 0 amide bonds. The molecule has 1 aromatic carbocycles. The van der Waals surface area contributed by atoms with Crippen LogP contribution in [0.25, 0.3) is 11.3 Å². The molecule has 0 N–H and O–H groups in total. The molecular weight excluding hydrogens is 519 g/mol. The summed E-state index contributed by atoms with van der Waals surface area (Å²) < 4.78 is 41.0. The Kier molecular flexibility index (Phi) is 5.67. The van der Waals surface area contributed by atoms with Crippen LogP contribution in [0.3, 0.4) is 0 Å². The van der Waals surface area contributed by atoms with Gasteiger partial charge in [0.15, 0.2) is 6.20 Å². The fourth-order valence-electron chi connectivity index (χ4n) is 3.82. The van der Waals surface area contributed by atoms with E-state index in [1.165, 1.54) is 37.2 Å². The summed E-state index contributed by atoms with van der Waals surface area (Å²) in [7, 11) is 1.74. The number of rotatable bonds is 9. The van der Waals surface area contributed by atoms with E-state index >= 15 is 0 Å². The second kappa shape index (κ2) is 9.57. The van der Waals surface area contributed by atoms with Crippen LogP contribution in [0.1, 0.15) is 32.3 Å². The highest BCUT2D eigenvalue weighted by Crippen LogP contribution is 2.33. The molecular formula is C24H22BrFN6O3. The molecule has 3 heterocycles. The molecule has 3 aromatic heterocycles. The van der Waals surface area contributed by atoms with E-state index in [4.69, 9.17) is 7.48 Å². The molecule has 4 aromatic rings. The highest BCUT2D eigenvalue weighted by Gasteiger charge is 2.23. The first-order chi connectivity index (χ1) is 17.6. The number of aromatic nitrogens is 5. The number of halogens is 2. The minimum absolute atomic E-state index is 0.161. The number of benzene rings is 1. The lowest BCUT2D eigenvalue weighted by Gasteiger charge is -2.11. The Hall–Kier alpha value is -3.60. The molecule has 0 radical (unpaired) electrons. The van der Waals surface area contributed by atoms with Gasteiger partial charge in [0.25, 0.3) is 0 Å². The predicted octanol–water partition coefficient (Wildman–Crippen LogP) is 5.07. The molecule has 0 unspecified atom stereocenters. The van der Waals surface area contributed by atoms with Gasteiger partial charge in [0, 0.05) is 55.2 Å². The maximum Gasteiger partial charge on any atom is 0.406 e. The largest absolute Gasteiger partial charge is 0.481 e. The number of ether oxygens (including phenoxy) is 1. The number of nitro groups is 1. The van der Waals surface area contributed by atoms with E-state index in [1.807, 2.05) is 17.1 Å². The molecule has 1 fully saturated rings. The summed E-state index contributed by atoms with van der Waals surface area (Å²) in [5.74, 6) is -1.07. The summed E-state index contributed by atoms with van der Waals surface area (Å²) in [6.07, 6.45) is 9.74. The fraction of sp³-hybridized carbons (Fsp3) is 0.292. The molecule has 1 aliphatic rings. The maximum atomic E-state index is 14.4. The van der Waals surface area contributed by atoms with Crippen LogP contribution in [0, 0.1) is 21.8 Å². The van der Waals surface area contributed by atoms with Gasteiger partial charge in [-0.25, -0.2) is 4.39 Å². The van der Waals surface area contributed by atoms with Crippen molar-refractivity contribution in [1.82, 2.24) is 24.5 Å². The van der Waals surface area contributed by atoms with E-state index in [2.05, 4.69) is 31.1 Å². The first-order valence-corrected chi connectivity index (χ1v) is 11.7. The smallest absolute Gasteiger partial charge is 0.406 e. The van der Waals surface area contributed by atoms with Gasteiger partial charge < -0.3 is 14.9 Å². The summed E-state index contributed by atoms with van der Waals surface area (Å²) in [5, 5.41) is 20.4. The number of nitrogens with zero attached hydrogens (tertiary/aromatic N) is 6. The Bertz CT molecular complexity index is 1490. The Morgan fingerprint density at radius 2 is 2.11 bits per heavy atom. The van der Waals surface area contributed by atoms with Crippen molar-refractivity contribution >= 4 is 21.7 Å². The van der Waals surface area contributed by atoms with Crippen molar-refractivity contribution in [3.63, 3.8) is 0 Å². The average Bonchev–Trinajstić information content (AvgIpc) is 3.41. The van der Waals surface area contributed by atoms with Gasteiger partial charge in [-0.3, -0.25) is 9.36 Å². The predicted molar refractivity (Wildman–Crippen MR) is 129 cm³/mol. The van der Waals surface area contributed by atoms with Crippen LogP contribution in [-0.4, -0.2) is 29.5 Å². The first kappa shape index (κ1) is 20.7. The Labute approximate surface area is 211 Å². The normalized spacial score (nSPS) is 14.5. The molecule has 0 spiro atoms. The summed E-state index contributed by atoms with van der Waals surface area (Å²) in [6, 6.07) is 4.90. The minimum Gasteiger partial charge on any atom is -0.481 e. The molecule has 0 bridgehead atoms. The van der Waals surface area contributed by atoms with Crippen molar-refractivity contribution < 1.29 is 16.8 Å². The summed E-state index contributed by atoms with van der Waals surface area (Å²) in [6.45, 7) is -1.77. The first-order valence-electron chi connectivity index (χ1n) is 11.9.